The Morgan fingerprint density at radius 3 is 2.73 bits per heavy atom. The van der Waals surface area contributed by atoms with E-state index in [2.05, 4.69) is 25.8 Å². The second-order valence-corrected chi connectivity index (χ2v) is 11.4. The van der Waals surface area contributed by atoms with E-state index in [9.17, 15) is 18.4 Å². The molecule has 2 amide bonds. The highest BCUT2D eigenvalue weighted by Gasteiger charge is 2.23. The molecule has 1 aliphatic heterocycles. The Balaban J connectivity index is 1.36. The predicted molar refractivity (Wildman–Crippen MR) is 172 cm³/mol. The number of carbonyl (C=O) groups excluding carboxylic acids is 2. The molecule has 2 aromatic carbocycles. The second-order valence-electron chi connectivity index (χ2n) is 11.4. The number of fused-ring (bicyclic) bond motifs is 1. The highest BCUT2D eigenvalue weighted by Crippen LogP contribution is 2.39. The Labute approximate surface area is 274 Å². The van der Waals surface area contributed by atoms with E-state index < -0.39 is 12.5 Å². The maximum Gasteiger partial charge on any atom is 0.387 e. The molecular weight excluding hydrogens is 626 g/mol. The molecule has 1 atom stereocenters. The first-order chi connectivity index (χ1) is 23.2. The van der Waals surface area contributed by atoms with Crippen molar-refractivity contribution in [2.75, 3.05) is 39.2 Å². The zero-order chi connectivity index (χ0) is 33.8. The van der Waals surface area contributed by atoms with Crippen molar-refractivity contribution in [3.8, 4) is 28.5 Å². The van der Waals surface area contributed by atoms with Crippen LogP contribution in [0.5, 0.6) is 17.2 Å². The van der Waals surface area contributed by atoms with Gasteiger partial charge in [-0.15, -0.1) is 0 Å². The van der Waals surface area contributed by atoms with E-state index in [4.69, 9.17) is 14.2 Å². The molecule has 5 aromatic rings. The number of ether oxygens (including phenoxy) is 3. The lowest BCUT2D eigenvalue weighted by atomic mass is 10.1. The molecule has 0 saturated carbocycles. The number of hydrogen-bond acceptors (Lipinski definition) is 9. The van der Waals surface area contributed by atoms with Gasteiger partial charge in [-0.3, -0.25) is 14.3 Å². The number of benzene rings is 2. The van der Waals surface area contributed by atoms with Crippen LogP contribution in [0.25, 0.3) is 16.9 Å². The van der Waals surface area contributed by atoms with Gasteiger partial charge >= 0.3 is 6.61 Å². The van der Waals surface area contributed by atoms with Crippen LogP contribution in [0.1, 0.15) is 32.7 Å². The summed E-state index contributed by atoms with van der Waals surface area (Å²) < 4.78 is 46.8. The fourth-order valence-electron chi connectivity index (χ4n) is 5.31. The Morgan fingerprint density at radius 1 is 1.15 bits per heavy atom. The van der Waals surface area contributed by atoms with Crippen molar-refractivity contribution in [2.45, 2.75) is 32.5 Å². The summed E-state index contributed by atoms with van der Waals surface area (Å²) in [5.74, 6) is -0.265. The summed E-state index contributed by atoms with van der Waals surface area (Å²) in [4.78, 5) is 32.0. The monoisotopic (exact) mass is 660 g/mol. The van der Waals surface area contributed by atoms with Gasteiger partial charge in [0.1, 0.15) is 28.5 Å². The number of rotatable bonds is 12. The number of carbonyl (C=O) groups is 2. The smallest absolute Gasteiger partial charge is 0.387 e. The van der Waals surface area contributed by atoms with Gasteiger partial charge in [0.05, 0.1) is 30.6 Å². The van der Waals surface area contributed by atoms with Crippen LogP contribution in [-0.2, 0) is 11.3 Å². The first kappa shape index (κ1) is 32.5. The zero-order valence-electron chi connectivity index (χ0n) is 26.5. The van der Waals surface area contributed by atoms with Gasteiger partial charge in [-0.2, -0.15) is 19.0 Å². The van der Waals surface area contributed by atoms with Gasteiger partial charge in [0.15, 0.2) is 5.65 Å². The van der Waals surface area contributed by atoms with Gasteiger partial charge in [0.2, 0.25) is 0 Å². The highest BCUT2D eigenvalue weighted by molar-refractivity contribution is 6.09. The number of halogens is 2. The largest absolute Gasteiger partial charge is 0.457 e. The van der Waals surface area contributed by atoms with Crippen LogP contribution in [0.4, 0.5) is 14.5 Å². The molecule has 3 aromatic heterocycles. The lowest BCUT2D eigenvalue weighted by Gasteiger charge is -2.15. The Kier molecular flexibility index (Phi) is 9.59. The van der Waals surface area contributed by atoms with E-state index in [1.165, 1.54) is 33.8 Å². The lowest BCUT2D eigenvalue weighted by Crippen LogP contribution is -2.32. The fraction of sp³-hybridized carbons (Fsp3) is 0.303. The van der Waals surface area contributed by atoms with Crippen molar-refractivity contribution in [3.05, 3.63) is 83.9 Å². The molecular formula is C33H34F2N8O5. The molecule has 6 rings (SSSR count). The Morgan fingerprint density at radius 2 is 1.96 bits per heavy atom. The average molecular weight is 661 g/mol. The molecule has 48 heavy (non-hydrogen) atoms. The van der Waals surface area contributed by atoms with Crippen LogP contribution in [0, 0.1) is 6.92 Å². The molecule has 15 heteroatoms. The van der Waals surface area contributed by atoms with Crippen molar-refractivity contribution in [2.24, 2.45) is 0 Å². The number of aryl methyl sites for hydroxylation is 1. The molecule has 0 spiro atoms. The topological polar surface area (TPSA) is 137 Å². The summed E-state index contributed by atoms with van der Waals surface area (Å²) >= 11 is 0. The summed E-state index contributed by atoms with van der Waals surface area (Å²) in [6.07, 6.45) is 7.13. The van der Waals surface area contributed by atoms with Crippen LogP contribution in [0.2, 0.25) is 0 Å². The first-order valence-electron chi connectivity index (χ1n) is 15.2. The molecule has 0 bridgehead atoms. The van der Waals surface area contributed by atoms with Crippen LogP contribution < -0.4 is 20.1 Å². The van der Waals surface area contributed by atoms with Gasteiger partial charge in [-0.1, -0.05) is 6.07 Å². The molecule has 0 aliphatic carbocycles. The maximum atomic E-state index is 13.6. The molecule has 2 N–H and O–H groups in total. The molecule has 4 heterocycles. The Hall–Kier alpha value is -5.41. The number of anilines is 1. The maximum absolute atomic E-state index is 13.6. The van der Waals surface area contributed by atoms with Gasteiger partial charge in [0.25, 0.3) is 11.8 Å². The SMILES string of the molecule is Cc1ccc(Oc2ccc(OC(F)F)c(-c3nn(CCN[C@@H]4CCOC4)cc3NC(=O)c3cnn4cccnc34)c2)cc1C(=O)N(C)C. The molecule has 0 radical (unpaired) electrons. The minimum atomic E-state index is -3.13. The highest BCUT2D eigenvalue weighted by atomic mass is 19.3. The predicted octanol–water partition coefficient (Wildman–Crippen LogP) is 4.63. The normalized spacial score (nSPS) is 14.4. The van der Waals surface area contributed by atoms with E-state index in [1.807, 2.05) is 6.92 Å². The number of hydrogen-bond donors (Lipinski definition) is 2. The van der Waals surface area contributed by atoms with Crippen molar-refractivity contribution in [1.29, 1.82) is 0 Å². The van der Waals surface area contributed by atoms with E-state index >= 15 is 0 Å². The number of nitrogens with zero attached hydrogens (tertiary/aromatic N) is 6. The molecule has 250 valence electrons. The third-order valence-corrected chi connectivity index (χ3v) is 7.74. The van der Waals surface area contributed by atoms with Gasteiger partial charge < -0.3 is 29.7 Å². The van der Waals surface area contributed by atoms with Crippen molar-refractivity contribution >= 4 is 23.1 Å². The standard InChI is InChI=1S/C33H34F2N8O5/c1-20-5-6-22(15-24(20)32(45)41(2)3)47-23-7-8-28(48-33(34)35)25(16-23)29-27(18-42(40-29)13-11-36-21-9-14-46-19-21)39-31(44)26-17-38-43-12-4-10-37-30(26)43/h4-8,10,12,15-18,21,33,36H,9,11,13-14,19H2,1-3H3,(H,39,44)/t21-/m1/s1. The summed E-state index contributed by atoms with van der Waals surface area (Å²) in [6, 6.07) is 11.3. The van der Waals surface area contributed by atoms with Crippen molar-refractivity contribution < 1.29 is 32.6 Å². The van der Waals surface area contributed by atoms with E-state index in [1.54, 1.807) is 61.6 Å². The summed E-state index contributed by atoms with van der Waals surface area (Å²) in [5, 5.41) is 15.2. The Bertz CT molecular complexity index is 1940. The summed E-state index contributed by atoms with van der Waals surface area (Å²) in [7, 11) is 3.31. The average Bonchev–Trinajstić information content (AvgIpc) is 3.83. The molecule has 1 aliphatic rings. The summed E-state index contributed by atoms with van der Waals surface area (Å²) in [5.41, 5.74) is 2.34. The minimum Gasteiger partial charge on any atom is -0.457 e. The van der Waals surface area contributed by atoms with Crippen LogP contribution in [0.3, 0.4) is 0 Å². The molecule has 1 saturated heterocycles. The quantitative estimate of drug-likeness (QED) is 0.196. The van der Waals surface area contributed by atoms with Crippen LogP contribution >= 0.6 is 0 Å². The lowest BCUT2D eigenvalue weighted by molar-refractivity contribution is -0.0495. The third kappa shape index (κ3) is 7.26. The molecule has 0 unspecified atom stereocenters. The summed E-state index contributed by atoms with van der Waals surface area (Å²) in [6.45, 7) is 0.957. The second kappa shape index (κ2) is 14.1. The van der Waals surface area contributed by atoms with Gasteiger partial charge in [-0.25, -0.2) is 9.50 Å². The van der Waals surface area contributed by atoms with E-state index in [-0.39, 0.29) is 46.0 Å². The number of alkyl halides is 2. The molecule has 1 fully saturated rings. The van der Waals surface area contributed by atoms with Crippen LogP contribution in [-0.4, -0.2) is 87.6 Å². The van der Waals surface area contributed by atoms with E-state index in [0.29, 0.717) is 43.3 Å². The van der Waals surface area contributed by atoms with E-state index in [0.717, 1.165) is 12.0 Å². The number of nitrogens with one attached hydrogen (secondary N) is 2. The number of aromatic nitrogens is 5. The van der Waals surface area contributed by atoms with Crippen molar-refractivity contribution in [3.63, 3.8) is 0 Å². The third-order valence-electron chi connectivity index (χ3n) is 7.74. The van der Waals surface area contributed by atoms with Crippen molar-refractivity contribution in [1.82, 2.24) is 34.6 Å². The van der Waals surface area contributed by atoms with Gasteiger partial charge in [0, 0.05) is 57.4 Å². The number of amides is 2. The fourth-order valence-corrected chi connectivity index (χ4v) is 5.31. The van der Waals surface area contributed by atoms with Gasteiger partial charge in [-0.05, 0) is 55.3 Å². The molecule has 13 nitrogen and oxygen atoms in total. The minimum absolute atomic E-state index is 0.147. The first-order valence-corrected chi connectivity index (χ1v) is 15.2. The zero-order valence-corrected chi connectivity index (χ0v) is 26.5. The van der Waals surface area contributed by atoms with Crippen LogP contribution in [0.15, 0.2) is 67.3 Å².